The van der Waals surface area contributed by atoms with Crippen LogP contribution in [0, 0.1) is 0 Å². The van der Waals surface area contributed by atoms with Crippen LogP contribution in [0.4, 0.5) is 0 Å². The van der Waals surface area contributed by atoms with Crippen molar-refractivity contribution in [3.63, 3.8) is 0 Å². The molecule has 2 N–H and O–H groups in total. The highest BCUT2D eigenvalue weighted by atomic mass is 127. The molecule has 2 rings (SSSR count). The number of ether oxygens (including phenoxy) is 1. The third-order valence-electron chi connectivity index (χ3n) is 3.53. The zero-order valence-corrected chi connectivity index (χ0v) is 14.7. The van der Waals surface area contributed by atoms with Crippen LogP contribution in [0.15, 0.2) is 22.7 Å². The third-order valence-corrected chi connectivity index (χ3v) is 4.57. The zero-order chi connectivity index (χ0) is 15.2. The van der Waals surface area contributed by atoms with Crippen LogP contribution in [0.25, 0.3) is 0 Å². The number of fused-ring (bicyclic) bond motifs is 2. The van der Waals surface area contributed by atoms with Crippen LogP contribution in [0.3, 0.4) is 0 Å². The molecule has 118 valence electrons. The van der Waals surface area contributed by atoms with Crippen molar-refractivity contribution < 1.29 is 4.74 Å². The monoisotopic (exact) mass is 406 g/mol. The second kappa shape index (κ2) is 8.06. The van der Waals surface area contributed by atoms with Crippen LogP contribution in [-0.2, 0) is 4.74 Å². The number of rotatable bonds is 5. The van der Waals surface area contributed by atoms with Gasteiger partial charge >= 0.3 is 0 Å². The number of hydrogen-bond acceptors (Lipinski definition) is 5. The van der Waals surface area contributed by atoms with E-state index in [4.69, 9.17) is 4.74 Å². The van der Waals surface area contributed by atoms with Crippen LogP contribution >= 0.6 is 22.6 Å². The fraction of sp³-hybridized carbons (Fsp3) is 0.692. The van der Waals surface area contributed by atoms with Crippen LogP contribution in [-0.4, -0.2) is 65.6 Å². The number of halogens is 1. The molecule has 0 saturated carbocycles. The molecule has 8 heteroatoms. The van der Waals surface area contributed by atoms with Crippen molar-refractivity contribution in [2.24, 2.45) is 10.1 Å². The van der Waals surface area contributed by atoms with Crippen LogP contribution in [0.1, 0.15) is 12.8 Å². The van der Waals surface area contributed by atoms with E-state index in [1.54, 1.807) is 11.1 Å². The number of hydrazone groups is 1. The molecule has 7 nitrogen and oxygen atoms in total. The van der Waals surface area contributed by atoms with Gasteiger partial charge in [-0.2, -0.15) is 5.10 Å². The van der Waals surface area contributed by atoms with Gasteiger partial charge in [0.1, 0.15) is 12.5 Å². The Bertz CT molecular complexity index is 415. The molecule has 0 amide bonds. The molecule has 0 radical (unpaired) electrons. The van der Waals surface area contributed by atoms with Gasteiger partial charge in [-0.15, -0.1) is 0 Å². The summed E-state index contributed by atoms with van der Waals surface area (Å²) in [7, 11) is 3.70. The molecule has 0 spiro atoms. The summed E-state index contributed by atoms with van der Waals surface area (Å²) in [6, 6.07) is 0. The van der Waals surface area contributed by atoms with Gasteiger partial charge in [0.25, 0.3) is 0 Å². The Morgan fingerprint density at radius 3 is 2.71 bits per heavy atom. The molecule has 2 bridgehead atoms. The number of nitrogens with one attached hydrogen (secondary N) is 2. The Kier molecular flexibility index (Phi) is 6.40. The Hall–Kier alpha value is -0.710. The summed E-state index contributed by atoms with van der Waals surface area (Å²) in [5.41, 5.74) is 5.75. The van der Waals surface area contributed by atoms with Crippen LogP contribution < -0.4 is 10.9 Å². The maximum Gasteiger partial charge on any atom is 0.184 e. The maximum atomic E-state index is 5.86. The third kappa shape index (κ3) is 4.63. The Balaban J connectivity index is 1.99. The maximum absolute atomic E-state index is 5.86. The van der Waals surface area contributed by atoms with Gasteiger partial charge in [-0.05, 0) is 26.0 Å². The van der Waals surface area contributed by atoms with Gasteiger partial charge in [0.15, 0.2) is 3.84 Å². The normalized spacial score (nSPS) is 26.1. The Morgan fingerprint density at radius 2 is 2.14 bits per heavy atom. The van der Waals surface area contributed by atoms with Gasteiger partial charge in [0.05, 0.1) is 12.2 Å². The summed E-state index contributed by atoms with van der Waals surface area (Å²) in [6.45, 7) is 6.18. The van der Waals surface area contributed by atoms with Gasteiger partial charge in [-0.1, -0.05) is 6.58 Å². The molecule has 2 atom stereocenters. The summed E-state index contributed by atoms with van der Waals surface area (Å²) in [5, 5.41) is 6.38. The van der Waals surface area contributed by atoms with Crippen molar-refractivity contribution in [1.29, 1.82) is 0 Å². The molecule has 0 aliphatic carbocycles. The van der Waals surface area contributed by atoms with E-state index in [2.05, 4.69) is 55.0 Å². The lowest BCUT2D eigenvalue weighted by Gasteiger charge is -2.33. The van der Waals surface area contributed by atoms with Crippen molar-refractivity contribution in [3.8, 4) is 0 Å². The Labute approximate surface area is 139 Å². The average Bonchev–Trinajstić information content (AvgIpc) is 2.83. The van der Waals surface area contributed by atoms with Gasteiger partial charge in [-0.3, -0.25) is 5.43 Å². The first kappa shape index (κ1) is 16.7. The van der Waals surface area contributed by atoms with Gasteiger partial charge in [-0.25, -0.2) is 15.4 Å². The van der Waals surface area contributed by atoms with Crippen LogP contribution in [0.2, 0.25) is 0 Å². The number of likely N-dealkylation sites (tertiary alicyclic amines) is 1. The van der Waals surface area contributed by atoms with E-state index in [0.29, 0.717) is 18.9 Å². The van der Waals surface area contributed by atoms with Crippen molar-refractivity contribution in [2.45, 2.75) is 25.0 Å². The second-order valence-corrected chi connectivity index (χ2v) is 6.03. The molecule has 2 fully saturated rings. The molecule has 0 aromatic heterocycles. The quantitative estimate of drug-likeness (QED) is 0.176. The van der Waals surface area contributed by atoms with E-state index in [-0.39, 0.29) is 0 Å². The largest absolute Gasteiger partial charge is 0.371 e. The number of amidine groups is 2. The highest BCUT2D eigenvalue weighted by Crippen LogP contribution is 2.26. The van der Waals surface area contributed by atoms with E-state index in [0.717, 1.165) is 35.6 Å². The zero-order valence-electron chi connectivity index (χ0n) is 12.5. The predicted molar refractivity (Wildman–Crippen MR) is 93.4 cm³/mol. The standard InChI is InChI=1S/C13H23IN6O/c1-4-12(18-19(3)13(14)16-9-17-15-2)20-7-10-5-6-11(8-20)21-10/h4,10-11,15,17H,1,5-9H2,2-3H3/b16-13?,18-12+. The highest BCUT2D eigenvalue weighted by molar-refractivity contribution is 14.1. The minimum absolute atomic E-state index is 0.340. The van der Waals surface area contributed by atoms with E-state index < -0.39 is 0 Å². The minimum atomic E-state index is 0.340. The predicted octanol–water partition coefficient (Wildman–Crippen LogP) is 0.753. The first-order valence-corrected chi connectivity index (χ1v) is 8.16. The summed E-state index contributed by atoms with van der Waals surface area (Å²) in [5.74, 6) is 0.878. The lowest BCUT2D eigenvalue weighted by molar-refractivity contribution is -0.0157. The fourth-order valence-corrected chi connectivity index (χ4v) is 2.79. The van der Waals surface area contributed by atoms with Gasteiger partial charge < -0.3 is 9.64 Å². The van der Waals surface area contributed by atoms with E-state index >= 15 is 0 Å². The number of hydrogen-bond donors (Lipinski definition) is 2. The molecule has 2 aliphatic rings. The average molecular weight is 406 g/mol. The smallest absolute Gasteiger partial charge is 0.184 e. The van der Waals surface area contributed by atoms with E-state index in [9.17, 15) is 0 Å². The van der Waals surface area contributed by atoms with Crippen molar-refractivity contribution in [3.05, 3.63) is 12.7 Å². The SMILES string of the molecule is C=C/C(=N\N(C)C(I)=NCNNC)N1CC2CCC(C1)O2. The van der Waals surface area contributed by atoms with Gasteiger partial charge in [0.2, 0.25) is 0 Å². The number of morpholine rings is 1. The molecular formula is C13H23IN6O. The number of nitrogens with zero attached hydrogens (tertiary/aromatic N) is 4. The summed E-state index contributed by atoms with van der Waals surface area (Å²) < 4.78 is 6.67. The van der Waals surface area contributed by atoms with Crippen molar-refractivity contribution >= 4 is 32.3 Å². The van der Waals surface area contributed by atoms with Crippen LogP contribution in [0.5, 0.6) is 0 Å². The first-order chi connectivity index (χ1) is 10.1. The van der Waals surface area contributed by atoms with Crippen molar-refractivity contribution in [1.82, 2.24) is 20.8 Å². The van der Waals surface area contributed by atoms with E-state index in [1.807, 2.05) is 14.1 Å². The molecule has 2 saturated heterocycles. The second-order valence-electron chi connectivity index (χ2n) is 5.06. The minimum Gasteiger partial charge on any atom is -0.371 e. The molecule has 0 aromatic rings. The highest BCUT2D eigenvalue weighted by Gasteiger charge is 2.34. The molecular weight excluding hydrogens is 383 g/mol. The fourth-order valence-electron chi connectivity index (χ4n) is 2.52. The van der Waals surface area contributed by atoms with Gasteiger partial charge in [0, 0.05) is 42.7 Å². The Morgan fingerprint density at radius 1 is 1.48 bits per heavy atom. The molecule has 2 unspecified atom stereocenters. The summed E-state index contributed by atoms with van der Waals surface area (Å²) in [6.07, 6.45) is 4.78. The number of hydrazine groups is 1. The topological polar surface area (TPSA) is 64.5 Å². The van der Waals surface area contributed by atoms with E-state index in [1.165, 1.54) is 0 Å². The van der Waals surface area contributed by atoms with Crippen molar-refractivity contribution in [2.75, 3.05) is 33.9 Å². The molecule has 2 heterocycles. The first-order valence-electron chi connectivity index (χ1n) is 7.08. The lowest BCUT2D eigenvalue weighted by atomic mass is 10.2. The number of aliphatic imine (C=N–C) groups is 1. The molecule has 0 aromatic carbocycles. The lowest BCUT2D eigenvalue weighted by Crippen LogP contribution is -2.45. The molecule has 21 heavy (non-hydrogen) atoms. The molecule has 2 aliphatic heterocycles. The summed E-state index contributed by atoms with van der Waals surface area (Å²) in [4.78, 5) is 6.61. The summed E-state index contributed by atoms with van der Waals surface area (Å²) >= 11 is 2.17.